The average molecular weight is 859 g/mol. The van der Waals surface area contributed by atoms with E-state index in [1.54, 1.807) is 0 Å². The van der Waals surface area contributed by atoms with Crippen LogP contribution in [-0.4, -0.2) is 156 Å². The molecule has 15 N–H and O–H groups in total. The van der Waals surface area contributed by atoms with Crippen LogP contribution in [0.25, 0.3) is 0 Å². The summed E-state index contributed by atoms with van der Waals surface area (Å²) in [6.07, 6.45) is 4.70. The Labute approximate surface area is 334 Å². The standard InChI is InChI=1S/C18H33N2O7P.C11H20NO3P.C7H15NO5/c21-7-13-15(22)16(23)14(17(24)27-13)19-9-28(25,26)20-8-18-4-10-1-11(5-18)3-12(2-10)6-18;13-16(14,15)12-7-11-4-8-1-9(5-11)3-10(2-8)6-11;1-8-4-6(11)5(10)3(2-9)13-7(4)12/h10-17,19,21-24H,1-9H2,(H2,20,25,26);8-10H,1-7H2,(H3,12,13,14,15);3-12H,2H2,1H3/t10?,11?,12?,13-,14-,15+,16-,17?,18?;;3-,4-,5+,6-,7?/m1.1/s1. The third-order valence-corrected chi connectivity index (χ3v) is 16.2. The highest BCUT2D eigenvalue weighted by atomic mass is 31.2. The Morgan fingerprint density at radius 1 is 0.561 bits per heavy atom. The first-order valence-electron chi connectivity index (χ1n) is 20.7. The van der Waals surface area contributed by atoms with Gasteiger partial charge in [0, 0.05) is 13.1 Å². The van der Waals surface area contributed by atoms with E-state index in [0.29, 0.717) is 13.1 Å². The van der Waals surface area contributed by atoms with Crippen LogP contribution >= 0.6 is 15.3 Å². The smallest absolute Gasteiger partial charge is 0.394 e. The van der Waals surface area contributed by atoms with E-state index in [-0.39, 0.29) is 17.1 Å². The summed E-state index contributed by atoms with van der Waals surface area (Å²) in [5.41, 5.74) is 0.320. The van der Waals surface area contributed by atoms with Crippen LogP contribution in [0.15, 0.2) is 0 Å². The third-order valence-electron chi connectivity index (χ3n) is 14.4. The molecule has 2 heterocycles. The maximum atomic E-state index is 12.6. The second-order valence-corrected chi connectivity index (χ2v) is 22.4. The molecule has 0 aromatic heterocycles. The van der Waals surface area contributed by atoms with Gasteiger partial charge in [-0.1, -0.05) is 0 Å². The molecule has 2 saturated heterocycles. The molecule has 3 unspecified atom stereocenters. The van der Waals surface area contributed by atoms with Crippen molar-refractivity contribution in [2.45, 2.75) is 138 Å². The summed E-state index contributed by atoms with van der Waals surface area (Å²) in [5, 5.41) is 86.5. The van der Waals surface area contributed by atoms with E-state index in [1.807, 2.05) is 0 Å². The molecule has 57 heavy (non-hydrogen) atoms. The molecular formula is C36H68N4O15P2. The summed E-state index contributed by atoms with van der Waals surface area (Å²) < 4.78 is 33.5. The first-order valence-corrected chi connectivity index (χ1v) is 24.1. The highest BCUT2D eigenvalue weighted by Crippen LogP contribution is 2.61. The van der Waals surface area contributed by atoms with Gasteiger partial charge in [0.2, 0.25) is 0 Å². The van der Waals surface area contributed by atoms with Gasteiger partial charge < -0.3 is 70.3 Å². The van der Waals surface area contributed by atoms with Crippen LogP contribution < -0.4 is 20.8 Å². The number of hydrogen-bond donors (Lipinski definition) is 15. The van der Waals surface area contributed by atoms with Crippen LogP contribution in [0.3, 0.4) is 0 Å². The van der Waals surface area contributed by atoms with Gasteiger partial charge >= 0.3 is 7.75 Å². The molecule has 0 aromatic rings. The zero-order chi connectivity index (χ0) is 41.5. The van der Waals surface area contributed by atoms with Crippen molar-refractivity contribution in [3.05, 3.63) is 0 Å². The van der Waals surface area contributed by atoms with Crippen molar-refractivity contribution in [2.75, 3.05) is 39.6 Å². The Morgan fingerprint density at radius 2 is 0.912 bits per heavy atom. The molecule has 10 fully saturated rings. The molecule has 332 valence electrons. The van der Waals surface area contributed by atoms with Crippen molar-refractivity contribution in [1.82, 2.24) is 20.8 Å². The van der Waals surface area contributed by atoms with E-state index in [1.165, 1.54) is 64.8 Å². The zero-order valence-corrected chi connectivity index (χ0v) is 34.5. The molecule has 0 amide bonds. The molecule has 11 atom stereocenters. The highest BCUT2D eigenvalue weighted by molar-refractivity contribution is 7.55. The Bertz CT molecular complexity index is 1360. The molecule has 8 bridgehead atoms. The fourth-order valence-corrected chi connectivity index (χ4v) is 14.3. The van der Waals surface area contributed by atoms with Crippen LogP contribution in [0, 0.1) is 46.3 Å². The maximum Gasteiger partial charge on any atom is 0.400 e. The fraction of sp³-hybridized carbons (Fsp3) is 1.00. The normalized spacial score (nSPS) is 48.1. The number of hydrogen-bond acceptors (Lipinski definition) is 14. The number of aliphatic hydroxyl groups is 8. The monoisotopic (exact) mass is 858 g/mol. The van der Waals surface area contributed by atoms with E-state index in [2.05, 4.69) is 20.8 Å². The summed E-state index contributed by atoms with van der Waals surface area (Å²) in [6, 6.07) is -1.86. The van der Waals surface area contributed by atoms with Gasteiger partial charge in [-0.3, -0.25) is 9.88 Å². The summed E-state index contributed by atoms with van der Waals surface area (Å²) >= 11 is 0. The molecule has 21 heteroatoms. The van der Waals surface area contributed by atoms with E-state index in [4.69, 9.17) is 29.5 Å². The quantitative estimate of drug-likeness (QED) is 0.0965. The molecule has 8 aliphatic carbocycles. The Hall–Kier alpha value is -0.220. The number of likely N-dealkylation sites (N-methyl/N-ethyl adjacent to an activating group) is 1. The molecule has 0 radical (unpaired) electrons. The Balaban J connectivity index is 0.000000160. The minimum atomic E-state index is -4.04. The van der Waals surface area contributed by atoms with Crippen LogP contribution in [0.5, 0.6) is 0 Å². The van der Waals surface area contributed by atoms with Crippen molar-refractivity contribution in [1.29, 1.82) is 0 Å². The van der Waals surface area contributed by atoms with Crippen molar-refractivity contribution in [3.8, 4) is 0 Å². The summed E-state index contributed by atoms with van der Waals surface area (Å²) in [6.45, 7) is 0.0348. The lowest BCUT2D eigenvalue weighted by molar-refractivity contribution is -0.253. The predicted molar refractivity (Wildman–Crippen MR) is 204 cm³/mol. The number of aliphatic hydroxyl groups excluding tert-OH is 8. The van der Waals surface area contributed by atoms with Crippen LogP contribution in [0.2, 0.25) is 0 Å². The lowest BCUT2D eigenvalue weighted by Gasteiger charge is -2.57. The summed E-state index contributed by atoms with van der Waals surface area (Å²) in [5.74, 6) is 4.79. The molecule has 0 spiro atoms. The topological polar surface area (TPSA) is 323 Å². The van der Waals surface area contributed by atoms with Gasteiger partial charge in [-0.15, -0.1) is 0 Å². The molecule has 0 aromatic carbocycles. The molecule has 10 aliphatic rings. The first kappa shape index (κ1) is 46.3. The minimum Gasteiger partial charge on any atom is -0.394 e. The lowest BCUT2D eigenvalue weighted by atomic mass is 9.49. The summed E-state index contributed by atoms with van der Waals surface area (Å²) in [7, 11) is -6.25. The average Bonchev–Trinajstić information content (AvgIpc) is 3.12. The third kappa shape index (κ3) is 11.2. The molecule has 2 aliphatic heterocycles. The highest BCUT2D eigenvalue weighted by Gasteiger charge is 2.53. The van der Waals surface area contributed by atoms with Gasteiger partial charge in [0.1, 0.15) is 36.6 Å². The largest absolute Gasteiger partial charge is 0.400 e. The number of nitrogens with one attached hydrogen (secondary N) is 4. The first-order chi connectivity index (χ1) is 26.8. The van der Waals surface area contributed by atoms with E-state index < -0.39 is 89.8 Å². The Kier molecular flexibility index (Phi) is 15.1. The summed E-state index contributed by atoms with van der Waals surface area (Å²) in [4.78, 5) is 28.2. The maximum absolute atomic E-state index is 12.6. The van der Waals surface area contributed by atoms with Gasteiger partial charge in [0.05, 0.1) is 31.6 Å². The van der Waals surface area contributed by atoms with Gasteiger partial charge in [-0.2, -0.15) is 0 Å². The SMILES string of the molecule is CN[C@H]1C(O)O[C@H](CO)[C@H](O)[C@@H]1O.O=P(O)(CN[C@H]1C(O)O[C@H](CO)[C@H](O)[C@@H]1O)NCC12CC3CC(CC(C3)C1)C2.O=P(O)(O)NCC12CC3CC(CC(C3)C1)C2. The minimum absolute atomic E-state index is 0.116. The number of rotatable bonds is 12. The molecular weight excluding hydrogens is 790 g/mol. The van der Waals surface area contributed by atoms with E-state index >= 15 is 0 Å². The number of ether oxygens (including phenoxy) is 2. The zero-order valence-electron chi connectivity index (χ0n) is 32.7. The van der Waals surface area contributed by atoms with Crippen molar-refractivity contribution < 1.29 is 74.1 Å². The Morgan fingerprint density at radius 3 is 1.26 bits per heavy atom. The van der Waals surface area contributed by atoms with Crippen molar-refractivity contribution in [2.24, 2.45) is 46.3 Å². The second kappa shape index (κ2) is 18.6. The van der Waals surface area contributed by atoms with Gasteiger partial charge in [-0.05, 0) is 130 Å². The van der Waals surface area contributed by atoms with Crippen LogP contribution in [0.4, 0.5) is 0 Å². The van der Waals surface area contributed by atoms with Gasteiger partial charge in [0.25, 0.3) is 7.52 Å². The van der Waals surface area contributed by atoms with Gasteiger partial charge in [-0.25, -0.2) is 14.7 Å². The lowest BCUT2D eigenvalue weighted by Crippen LogP contribution is -2.63. The van der Waals surface area contributed by atoms with Gasteiger partial charge in [0.15, 0.2) is 12.6 Å². The van der Waals surface area contributed by atoms with Crippen LogP contribution in [-0.2, 0) is 18.6 Å². The van der Waals surface area contributed by atoms with Crippen molar-refractivity contribution in [3.63, 3.8) is 0 Å². The second-order valence-electron chi connectivity index (χ2n) is 18.9. The predicted octanol–water partition coefficient (Wildman–Crippen LogP) is -1.78. The van der Waals surface area contributed by atoms with E-state index in [9.17, 15) is 44.7 Å². The van der Waals surface area contributed by atoms with Crippen molar-refractivity contribution >= 4 is 15.3 Å². The van der Waals surface area contributed by atoms with Crippen LogP contribution in [0.1, 0.15) is 77.0 Å². The molecule has 19 nitrogen and oxygen atoms in total. The fourth-order valence-electron chi connectivity index (χ4n) is 12.6. The van der Waals surface area contributed by atoms with E-state index in [0.717, 1.165) is 54.8 Å². The molecule has 10 rings (SSSR count). The molecule has 8 saturated carbocycles.